The Morgan fingerprint density at radius 1 is 1.89 bits per heavy atom. The van der Waals surface area contributed by atoms with Crippen LogP contribution in [0.25, 0.3) is 0 Å². The molecule has 1 heterocycles. The van der Waals surface area contributed by atoms with Gasteiger partial charge in [-0.05, 0) is 0 Å². The van der Waals surface area contributed by atoms with E-state index < -0.39 is 0 Å². The summed E-state index contributed by atoms with van der Waals surface area (Å²) in [6.45, 7) is 0.401. The Hall–Kier alpha value is -0.540. The van der Waals surface area contributed by atoms with Crippen LogP contribution < -0.4 is 0 Å². The maximum atomic E-state index is 5.02. The first kappa shape index (κ1) is 6.58. The summed E-state index contributed by atoms with van der Waals surface area (Å²) in [4.78, 5) is 3.86. The molecule has 1 aromatic rings. The Bertz CT molecular complexity index is 187. The zero-order chi connectivity index (χ0) is 6.69. The molecule has 1 rings (SSSR count). The van der Waals surface area contributed by atoms with E-state index in [2.05, 4.69) is 9.27 Å². The Labute approximate surface area is 58.4 Å². The predicted octanol–water partition coefficient (Wildman–Crippen LogP) is 1.09. The van der Waals surface area contributed by atoms with Gasteiger partial charge in [-0.3, -0.25) is 4.29 Å². The van der Waals surface area contributed by atoms with E-state index in [9.17, 15) is 0 Å². The lowest BCUT2D eigenvalue weighted by Gasteiger charge is -1.95. The summed E-state index contributed by atoms with van der Waals surface area (Å²) in [5, 5.41) is 0. The van der Waals surface area contributed by atoms with Gasteiger partial charge in [0.1, 0.15) is 6.61 Å². The molecule has 0 N–H and O–H groups in total. The minimum Gasteiger partial charge on any atom is -0.336 e. The van der Waals surface area contributed by atoms with Crippen LogP contribution in [0.1, 0.15) is 5.69 Å². The van der Waals surface area contributed by atoms with Crippen LogP contribution in [-0.2, 0) is 17.9 Å². The van der Waals surface area contributed by atoms with Crippen molar-refractivity contribution in [1.29, 1.82) is 0 Å². The summed E-state index contributed by atoms with van der Waals surface area (Å²) in [5.74, 6) is 0. The molecule has 0 bridgehead atoms. The number of imidazole rings is 1. The molecular formula is C5H7ClN2O. The van der Waals surface area contributed by atoms with Crippen molar-refractivity contribution >= 4 is 11.9 Å². The van der Waals surface area contributed by atoms with E-state index in [1.807, 2.05) is 11.6 Å². The molecule has 0 saturated carbocycles. The zero-order valence-corrected chi connectivity index (χ0v) is 5.80. The van der Waals surface area contributed by atoms with Crippen LogP contribution in [0.3, 0.4) is 0 Å². The van der Waals surface area contributed by atoms with Crippen molar-refractivity contribution < 1.29 is 4.29 Å². The first-order chi connectivity index (χ1) is 4.34. The molecule has 0 spiro atoms. The van der Waals surface area contributed by atoms with E-state index in [0.29, 0.717) is 6.61 Å². The van der Waals surface area contributed by atoms with E-state index in [4.69, 9.17) is 11.9 Å². The molecule has 1 aromatic heterocycles. The first-order valence-corrected chi connectivity index (χ1v) is 2.84. The highest BCUT2D eigenvalue weighted by atomic mass is 35.5. The topological polar surface area (TPSA) is 27.1 Å². The van der Waals surface area contributed by atoms with Gasteiger partial charge in [-0.25, -0.2) is 4.98 Å². The Morgan fingerprint density at radius 3 is 3.11 bits per heavy atom. The molecule has 0 saturated heterocycles. The van der Waals surface area contributed by atoms with E-state index in [1.54, 1.807) is 12.5 Å². The van der Waals surface area contributed by atoms with Crippen molar-refractivity contribution in [2.45, 2.75) is 6.61 Å². The zero-order valence-electron chi connectivity index (χ0n) is 5.04. The standard InChI is InChI=1S/C5H7ClN2O/c1-8-4-7-2-5(8)3-9-6/h2,4H,3H2,1H3. The quantitative estimate of drug-likeness (QED) is 0.625. The van der Waals surface area contributed by atoms with Crippen molar-refractivity contribution in [3.63, 3.8) is 0 Å². The predicted molar refractivity (Wildman–Crippen MR) is 33.8 cm³/mol. The van der Waals surface area contributed by atoms with Crippen molar-refractivity contribution in [2.75, 3.05) is 0 Å². The highest BCUT2D eigenvalue weighted by Crippen LogP contribution is 1.98. The highest BCUT2D eigenvalue weighted by molar-refractivity contribution is 6.07. The van der Waals surface area contributed by atoms with Gasteiger partial charge in [0, 0.05) is 7.05 Å². The van der Waals surface area contributed by atoms with Gasteiger partial charge in [0.05, 0.1) is 30.1 Å². The van der Waals surface area contributed by atoms with E-state index in [1.165, 1.54) is 0 Å². The second kappa shape index (κ2) is 2.85. The molecular weight excluding hydrogens is 140 g/mol. The first-order valence-electron chi connectivity index (χ1n) is 2.53. The van der Waals surface area contributed by atoms with Crippen LogP contribution in [0, 0.1) is 0 Å². The molecule has 4 heteroatoms. The summed E-state index contributed by atoms with van der Waals surface area (Å²) in [6, 6.07) is 0. The van der Waals surface area contributed by atoms with Gasteiger partial charge in [0.15, 0.2) is 0 Å². The molecule has 0 radical (unpaired) electrons. The fraction of sp³-hybridized carbons (Fsp3) is 0.400. The third kappa shape index (κ3) is 1.43. The Balaban J connectivity index is 2.69. The van der Waals surface area contributed by atoms with Crippen LogP contribution in [0.15, 0.2) is 12.5 Å². The molecule has 0 unspecified atom stereocenters. The fourth-order valence-corrected chi connectivity index (χ4v) is 0.691. The lowest BCUT2D eigenvalue weighted by molar-refractivity contribution is 0.330. The highest BCUT2D eigenvalue weighted by Gasteiger charge is 1.94. The number of halogens is 1. The monoisotopic (exact) mass is 146 g/mol. The largest absolute Gasteiger partial charge is 0.336 e. The number of hydrogen-bond donors (Lipinski definition) is 0. The minimum atomic E-state index is 0.401. The fourth-order valence-electron chi connectivity index (χ4n) is 0.580. The number of rotatable bonds is 2. The normalized spacial score (nSPS) is 10.0. The number of aryl methyl sites for hydroxylation is 1. The SMILES string of the molecule is Cn1cncc1COCl. The van der Waals surface area contributed by atoms with Crippen molar-refractivity contribution in [3.8, 4) is 0 Å². The maximum Gasteiger partial charge on any atom is 0.110 e. The summed E-state index contributed by atoms with van der Waals surface area (Å²) >= 11 is 5.02. The van der Waals surface area contributed by atoms with Crippen LogP contribution in [0.4, 0.5) is 0 Å². The second-order valence-corrected chi connectivity index (χ2v) is 1.97. The maximum absolute atomic E-state index is 5.02. The van der Waals surface area contributed by atoms with Crippen LogP contribution in [0.2, 0.25) is 0 Å². The molecule has 0 aliphatic heterocycles. The summed E-state index contributed by atoms with van der Waals surface area (Å²) in [7, 11) is 1.89. The van der Waals surface area contributed by atoms with Crippen molar-refractivity contribution in [1.82, 2.24) is 9.55 Å². The average Bonchev–Trinajstić information content (AvgIpc) is 2.18. The van der Waals surface area contributed by atoms with Crippen LogP contribution in [-0.4, -0.2) is 9.55 Å². The molecule has 0 amide bonds. The van der Waals surface area contributed by atoms with Gasteiger partial charge in [-0.2, -0.15) is 0 Å². The Kier molecular flexibility index (Phi) is 2.08. The summed E-state index contributed by atoms with van der Waals surface area (Å²) in [5.41, 5.74) is 0.963. The lowest BCUT2D eigenvalue weighted by atomic mass is 10.5. The minimum absolute atomic E-state index is 0.401. The number of aromatic nitrogens is 2. The summed E-state index contributed by atoms with van der Waals surface area (Å²) < 4.78 is 6.23. The van der Waals surface area contributed by atoms with Gasteiger partial charge in [-0.1, -0.05) is 0 Å². The molecule has 9 heavy (non-hydrogen) atoms. The van der Waals surface area contributed by atoms with Gasteiger partial charge in [0.2, 0.25) is 0 Å². The number of nitrogens with zero attached hydrogens (tertiary/aromatic N) is 2. The molecule has 0 atom stereocenters. The van der Waals surface area contributed by atoms with E-state index in [0.717, 1.165) is 5.69 Å². The molecule has 0 aliphatic rings. The van der Waals surface area contributed by atoms with Crippen LogP contribution in [0.5, 0.6) is 0 Å². The van der Waals surface area contributed by atoms with Crippen molar-refractivity contribution in [2.24, 2.45) is 7.05 Å². The second-order valence-electron chi connectivity index (χ2n) is 1.75. The van der Waals surface area contributed by atoms with Gasteiger partial charge in [-0.15, -0.1) is 0 Å². The molecule has 0 aromatic carbocycles. The van der Waals surface area contributed by atoms with Crippen LogP contribution >= 0.6 is 11.9 Å². The third-order valence-corrected chi connectivity index (χ3v) is 1.23. The molecule has 3 nitrogen and oxygen atoms in total. The van der Waals surface area contributed by atoms with Gasteiger partial charge in [0.25, 0.3) is 0 Å². The molecule has 0 fully saturated rings. The smallest absolute Gasteiger partial charge is 0.110 e. The Morgan fingerprint density at radius 2 is 2.67 bits per heavy atom. The molecule has 50 valence electrons. The average molecular weight is 147 g/mol. The van der Waals surface area contributed by atoms with E-state index in [-0.39, 0.29) is 0 Å². The van der Waals surface area contributed by atoms with Gasteiger partial charge < -0.3 is 4.57 Å². The molecule has 0 aliphatic carbocycles. The van der Waals surface area contributed by atoms with Gasteiger partial charge >= 0.3 is 0 Å². The number of hydrogen-bond acceptors (Lipinski definition) is 2. The van der Waals surface area contributed by atoms with E-state index >= 15 is 0 Å². The lowest BCUT2D eigenvalue weighted by Crippen LogP contribution is -1.93. The third-order valence-electron chi connectivity index (χ3n) is 1.12. The summed E-state index contributed by atoms with van der Waals surface area (Å²) in [6.07, 6.45) is 3.41. The van der Waals surface area contributed by atoms with Crippen molar-refractivity contribution in [3.05, 3.63) is 18.2 Å².